The standard InChI is InChI=1S/C12H9ClFNO2/c1-2-17-12(16)9-6-7-5-8(14)3-4-10(7)15-11(9)13/h3-6H,2H2,1H3. The molecule has 0 aliphatic rings. The Hall–Kier alpha value is -1.68. The van der Waals surface area contributed by atoms with Crippen LogP contribution >= 0.6 is 11.6 Å². The molecule has 0 spiro atoms. The minimum Gasteiger partial charge on any atom is -0.462 e. The van der Waals surface area contributed by atoms with Gasteiger partial charge in [-0.25, -0.2) is 14.2 Å². The SMILES string of the molecule is CCOC(=O)c1cc2cc(F)ccc2nc1Cl. The summed E-state index contributed by atoms with van der Waals surface area (Å²) in [5.74, 6) is -0.951. The third-order valence-electron chi connectivity index (χ3n) is 2.23. The number of carbonyl (C=O) groups excluding carboxylic acids is 1. The van der Waals surface area contributed by atoms with Crippen LogP contribution in [-0.4, -0.2) is 17.6 Å². The summed E-state index contributed by atoms with van der Waals surface area (Å²) in [7, 11) is 0. The summed E-state index contributed by atoms with van der Waals surface area (Å²) in [6, 6.07) is 5.56. The van der Waals surface area contributed by atoms with Crippen LogP contribution in [0, 0.1) is 5.82 Å². The van der Waals surface area contributed by atoms with Gasteiger partial charge in [0.15, 0.2) is 0 Å². The first-order valence-corrected chi connectivity index (χ1v) is 5.42. The second-order valence-electron chi connectivity index (χ2n) is 3.38. The summed E-state index contributed by atoms with van der Waals surface area (Å²) in [6.45, 7) is 1.94. The fourth-order valence-electron chi connectivity index (χ4n) is 1.48. The van der Waals surface area contributed by atoms with Gasteiger partial charge >= 0.3 is 5.97 Å². The Kier molecular flexibility index (Phi) is 3.24. The van der Waals surface area contributed by atoms with Crippen molar-refractivity contribution in [1.29, 1.82) is 0 Å². The van der Waals surface area contributed by atoms with E-state index in [1.54, 1.807) is 6.92 Å². The summed E-state index contributed by atoms with van der Waals surface area (Å²) in [5, 5.41) is 0.569. The molecular weight excluding hydrogens is 245 g/mol. The van der Waals surface area contributed by atoms with E-state index in [1.165, 1.54) is 24.3 Å². The van der Waals surface area contributed by atoms with E-state index < -0.39 is 11.8 Å². The first-order valence-electron chi connectivity index (χ1n) is 5.04. The lowest BCUT2D eigenvalue weighted by Gasteiger charge is -2.05. The van der Waals surface area contributed by atoms with E-state index in [4.69, 9.17) is 16.3 Å². The number of hydrogen-bond acceptors (Lipinski definition) is 3. The van der Waals surface area contributed by atoms with Crippen molar-refractivity contribution in [3.63, 3.8) is 0 Å². The highest BCUT2D eigenvalue weighted by Crippen LogP contribution is 2.22. The molecule has 0 unspecified atom stereocenters. The molecular formula is C12H9ClFNO2. The van der Waals surface area contributed by atoms with E-state index in [9.17, 15) is 9.18 Å². The molecule has 0 radical (unpaired) electrons. The number of halogens is 2. The Labute approximate surface area is 102 Å². The molecule has 1 aromatic heterocycles. The van der Waals surface area contributed by atoms with Crippen LogP contribution in [0.2, 0.25) is 5.15 Å². The highest BCUT2D eigenvalue weighted by molar-refractivity contribution is 6.32. The van der Waals surface area contributed by atoms with Crippen molar-refractivity contribution in [3.05, 3.63) is 40.8 Å². The van der Waals surface area contributed by atoms with Gasteiger partial charge in [-0.15, -0.1) is 0 Å². The lowest BCUT2D eigenvalue weighted by Crippen LogP contribution is -2.06. The average Bonchev–Trinajstić information content (AvgIpc) is 2.29. The lowest BCUT2D eigenvalue weighted by molar-refractivity contribution is 0.0526. The van der Waals surface area contributed by atoms with Crippen molar-refractivity contribution < 1.29 is 13.9 Å². The van der Waals surface area contributed by atoms with E-state index in [1.807, 2.05) is 0 Å². The summed E-state index contributed by atoms with van der Waals surface area (Å²) in [5.41, 5.74) is 0.677. The number of benzene rings is 1. The molecule has 0 saturated carbocycles. The number of nitrogens with zero attached hydrogens (tertiary/aromatic N) is 1. The smallest absolute Gasteiger partial charge is 0.341 e. The van der Waals surface area contributed by atoms with Crippen molar-refractivity contribution in [2.45, 2.75) is 6.92 Å². The number of ether oxygens (including phenoxy) is 1. The quantitative estimate of drug-likeness (QED) is 0.609. The maximum absolute atomic E-state index is 13.0. The molecule has 0 amide bonds. The van der Waals surface area contributed by atoms with Crippen LogP contribution in [0.5, 0.6) is 0 Å². The van der Waals surface area contributed by atoms with Gasteiger partial charge in [0.05, 0.1) is 17.7 Å². The van der Waals surface area contributed by atoms with E-state index in [-0.39, 0.29) is 17.3 Å². The molecule has 3 nitrogen and oxygen atoms in total. The van der Waals surface area contributed by atoms with E-state index in [0.717, 1.165) is 0 Å². The zero-order valence-corrected chi connectivity index (χ0v) is 9.79. The second-order valence-corrected chi connectivity index (χ2v) is 3.74. The molecule has 0 aliphatic heterocycles. The van der Waals surface area contributed by atoms with Crippen molar-refractivity contribution in [3.8, 4) is 0 Å². The van der Waals surface area contributed by atoms with E-state index >= 15 is 0 Å². The molecule has 0 N–H and O–H groups in total. The van der Waals surface area contributed by atoms with Crippen molar-refractivity contribution in [2.75, 3.05) is 6.61 Å². The third kappa shape index (κ3) is 2.36. The van der Waals surface area contributed by atoms with Gasteiger partial charge in [0.1, 0.15) is 11.0 Å². The molecule has 0 fully saturated rings. The van der Waals surface area contributed by atoms with Gasteiger partial charge in [0.2, 0.25) is 0 Å². The highest BCUT2D eigenvalue weighted by atomic mass is 35.5. The predicted octanol–water partition coefficient (Wildman–Crippen LogP) is 3.20. The topological polar surface area (TPSA) is 39.2 Å². The summed E-state index contributed by atoms with van der Waals surface area (Å²) in [6.07, 6.45) is 0. The minimum absolute atomic E-state index is 0.0579. The Balaban J connectivity index is 2.57. The van der Waals surface area contributed by atoms with Crippen LogP contribution in [0.1, 0.15) is 17.3 Å². The average molecular weight is 254 g/mol. The molecule has 0 saturated heterocycles. The molecule has 17 heavy (non-hydrogen) atoms. The van der Waals surface area contributed by atoms with Crippen molar-refractivity contribution in [2.24, 2.45) is 0 Å². The van der Waals surface area contributed by atoms with Crippen LogP contribution in [-0.2, 0) is 4.74 Å². The fraction of sp³-hybridized carbons (Fsp3) is 0.167. The molecule has 2 aromatic rings. The number of rotatable bonds is 2. The number of fused-ring (bicyclic) bond motifs is 1. The molecule has 1 aromatic carbocycles. The van der Waals surface area contributed by atoms with Crippen LogP contribution in [0.25, 0.3) is 10.9 Å². The van der Waals surface area contributed by atoms with Gasteiger partial charge < -0.3 is 4.74 Å². The number of carbonyl (C=O) groups is 1. The fourth-order valence-corrected chi connectivity index (χ4v) is 1.70. The van der Waals surface area contributed by atoms with Gasteiger partial charge in [-0.1, -0.05) is 11.6 Å². The zero-order valence-electron chi connectivity index (χ0n) is 9.04. The number of pyridine rings is 1. The van der Waals surface area contributed by atoms with Gasteiger partial charge in [-0.2, -0.15) is 0 Å². The van der Waals surface area contributed by atoms with Crippen molar-refractivity contribution >= 4 is 28.5 Å². The number of hydrogen-bond donors (Lipinski definition) is 0. The molecule has 88 valence electrons. The van der Waals surface area contributed by atoms with Crippen LogP contribution in [0.3, 0.4) is 0 Å². The van der Waals surface area contributed by atoms with Crippen LogP contribution in [0.15, 0.2) is 24.3 Å². The molecule has 0 bridgehead atoms. The Morgan fingerprint density at radius 1 is 1.47 bits per heavy atom. The third-order valence-corrected chi connectivity index (χ3v) is 2.51. The van der Waals surface area contributed by atoms with Crippen LogP contribution < -0.4 is 0 Å². The van der Waals surface area contributed by atoms with Gasteiger partial charge in [0.25, 0.3) is 0 Å². The Morgan fingerprint density at radius 2 is 2.24 bits per heavy atom. The molecule has 5 heteroatoms. The van der Waals surface area contributed by atoms with Gasteiger partial charge in [-0.05, 0) is 31.2 Å². The van der Waals surface area contributed by atoms with E-state index in [2.05, 4.69) is 4.98 Å². The summed E-state index contributed by atoms with van der Waals surface area (Å²) in [4.78, 5) is 15.6. The summed E-state index contributed by atoms with van der Waals surface area (Å²) < 4.78 is 17.9. The highest BCUT2D eigenvalue weighted by Gasteiger charge is 2.14. The normalized spacial score (nSPS) is 10.5. The van der Waals surface area contributed by atoms with E-state index in [0.29, 0.717) is 10.9 Å². The van der Waals surface area contributed by atoms with Gasteiger partial charge in [-0.3, -0.25) is 0 Å². The Bertz CT molecular complexity index is 586. The first kappa shape index (κ1) is 11.8. The maximum Gasteiger partial charge on any atom is 0.341 e. The number of esters is 1. The molecule has 1 heterocycles. The Morgan fingerprint density at radius 3 is 2.94 bits per heavy atom. The second kappa shape index (κ2) is 4.67. The van der Waals surface area contributed by atoms with Crippen molar-refractivity contribution in [1.82, 2.24) is 4.98 Å². The molecule has 0 atom stereocenters. The first-order chi connectivity index (χ1) is 8.11. The summed E-state index contributed by atoms with van der Waals surface area (Å²) >= 11 is 5.87. The maximum atomic E-state index is 13.0. The predicted molar refractivity (Wildman–Crippen MR) is 62.7 cm³/mol. The minimum atomic E-state index is -0.559. The molecule has 2 rings (SSSR count). The molecule has 0 aliphatic carbocycles. The largest absolute Gasteiger partial charge is 0.462 e. The van der Waals surface area contributed by atoms with Gasteiger partial charge in [0, 0.05) is 5.39 Å². The lowest BCUT2D eigenvalue weighted by atomic mass is 10.1. The van der Waals surface area contributed by atoms with Crippen LogP contribution in [0.4, 0.5) is 4.39 Å². The number of aromatic nitrogens is 1. The monoisotopic (exact) mass is 253 g/mol. The zero-order chi connectivity index (χ0) is 12.4.